The summed E-state index contributed by atoms with van der Waals surface area (Å²) in [6, 6.07) is -0.738. The van der Waals surface area contributed by atoms with Crippen LogP contribution in [-0.4, -0.2) is 45.6 Å². The summed E-state index contributed by atoms with van der Waals surface area (Å²) in [5.41, 5.74) is 5.22. The molecule has 0 aliphatic rings. The first kappa shape index (κ1) is 21.2. The maximum Gasteiger partial charge on any atom is 0.322 e. The smallest absolute Gasteiger partial charge is 0.322 e. The Morgan fingerprint density at radius 3 is 2.00 bits per heavy atom. The summed E-state index contributed by atoms with van der Waals surface area (Å²) in [6.07, 6.45) is 0. The Morgan fingerprint density at radius 2 is 1.76 bits per heavy atom. The molecule has 0 aromatic rings. The van der Waals surface area contributed by atoms with Gasteiger partial charge in [0.05, 0.1) is 16.4 Å². The molecular formula is C7H12N4O3S3. The van der Waals surface area contributed by atoms with E-state index < -0.39 is 24.5 Å². The van der Waals surface area contributed by atoms with E-state index in [1.54, 1.807) is 10.3 Å². The van der Waals surface area contributed by atoms with Crippen LogP contribution in [0.15, 0.2) is 0 Å². The number of thiocarbonyl (C=S) groups is 2. The Balaban J connectivity index is -0.000000273. The van der Waals surface area contributed by atoms with Crippen molar-refractivity contribution in [3.63, 3.8) is 0 Å². The van der Waals surface area contributed by atoms with E-state index in [4.69, 9.17) is 21.7 Å². The standard InChI is InChI=1S/C5H10N2O3S.2CHNS/c6-3(2-11)5(10)7-1-4(8)9;2*2-1-3/h3,11H,1-2,6H2,(H,7,10)(H,8,9);2*2H. The molecule has 0 fully saturated rings. The highest BCUT2D eigenvalue weighted by atomic mass is 32.1. The van der Waals surface area contributed by atoms with Crippen molar-refractivity contribution in [2.24, 2.45) is 5.73 Å². The quantitative estimate of drug-likeness (QED) is 0.241. The van der Waals surface area contributed by atoms with Gasteiger partial charge >= 0.3 is 5.97 Å². The van der Waals surface area contributed by atoms with Crippen LogP contribution in [0.4, 0.5) is 0 Å². The van der Waals surface area contributed by atoms with Gasteiger partial charge in [0.1, 0.15) is 6.54 Å². The van der Waals surface area contributed by atoms with E-state index in [1.807, 2.05) is 0 Å². The Hall–Kier alpha value is -1.15. The molecule has 1 atom stereocenters. The van der Waals surface area contributed by atoms with E-state index >= 15 is 0 Å². The van der Waals surface area contributed by atoms with Crippen molar-refractivity contribution in [2.75, 3.05) is 12.3 Å². The minimum Gasteiger partial charge on any atom is -0.480 e. The molecule has 1 unspecified atom stereocenters. The molecule has 0 rings (SSSR count). The molecule has 0 radical (unpaired) electrons. The molecule has 6 N–H and O–H groups in total. The number of hydrogen-bond acceptors (Lipinski definition) is 8. The number of aliphatic carboxylic acids is 1. The molecule has 1 amide bonds. The van der Waals surface area contributed by atoms with E-state index in [0.717, 1.165) is 0 Å². The number of carbonyl (C=O) groups is 2. The summed E-state index contributed by atoms with van der Waals surface area (Å²) in [5.74, 6) is -1.39. The minimum absolute atomic E-state index is 0.200. The van der Waals surface area contributed by atoms with Gasteiger partial charge in [-0.2, -0.15) is 12.6 Å². The molecule has 7 nitrogen and oxygen atoms in total. The topological polar surface area (TPSA) is 140 Å². The highest BCUT2D eigenvalue weighted by Gasteiger charge is 2.11. The predicted molar refractivity (Wildman–Crippen MR) is 73.1 cm³/mol. The Bertz CT molecular complexity index is 287. The lowest BCUT2D eigenvalue weighted by Crippen LogP contribution is -2.43. The van der Waals surface area contributed by atoms with Crippen molar-refractivity contribution in [3.05, 3.63) is 0 Å². The third kappa shape index (κ3) is 25.3. The number of carboxylic acids is 1. The molecule has 0 saturated carbocycles. The van der Waals surface area contributed by atoms with E-state index in [9.17, 15) is 9.59 Å². The number of nitrogens with two attached hydrogens (primary N) is 1. The normalized spacial score (nSPS) is 8.82. The number of thiol groups is 1. The van der Waals surface area contributed by atoms with E-state index in [2.05, 4.69) is 42.4 Å². The van der Waals surface area contributed by atoms with Gasteiger partial charge in [0.2, 0.25) is 5.91 Å². The van der Waals surface area contributed by atoms with Crippen LogP contribution in [-0.2, 0) is 9.59 Å². The lowest BCUT2D eigenvalue weighted by atomic mass is 10.3. The van der Waals surface area contributed by atoms with Crippen molar-refractivity contribution < 1.29 is 14.7 Å². The summed E-state index contributed by atoms with van der Waals surface area (Å²) in [7, 11) is 0. The third-order valence-electron chi connectivity index (χ3n) is 0.947. The SMILES string of the molecule is N=C=S.N=C=S.NC(CS)C(=O)NCC(=O)O. The average molecular weight is 296 g/mol. The summed E-state index contributed by atoms with van der Waals surface area (Å²) >= 11 is 11.4. The van der Waals surface area contributed by atoms with Crippen LogP contribution in [0.1, 0.15) is 0 Å². The largest absolute Gasteiger partial charge is 0.480 e. The molecule has 0 aromatic heterocycles. The van der Waals surface area contributed by atoms with Gasteiger partial charge in [-0.3, -0.25) is 9.59 Å². The molecule has 0 aliphatic heterocycles. The van der Waals surface area contributed by atoms with Crippen LogP contribution >= 0.6 is 37.1 Å². The molecule has 17 heavy (non-hydrogen) atoms. The lowest BCUT2D eigenvalue weighted by molar-refractivity contribution is -0.138. The first-order chi connectivity index (χ1) is 7.90. The number of amides is 1. The predicted octanol–water partition coefficient (Wildman–Crippen LogP) is -0.220. The Kier molecular flexibility index (Phi) is 21.5. The number of rotatable bonds is 4. The fraction of sp³-hybridized carbons (Fsp3) is 0.429. The second kappa shape index (κ2) is 17.3. The average Bonchev–Trinajstić information content (AvgIpc) is 2.26. The van der Waals surface area contributed by atoms with E-state index in [-0.39, 0.29) is 5.75 Å². The fourth-order valence-corrected chi connectivity index (χ4v) is 0.543. The zero-order chi connectivity index (χ0) is 14.3. The van der Waals surface area contributed by atoms with Crippen molar-refractivity contribution in [3.8, 4) is 0 Å². The van der Waals surface area contributed by atoms with Gasteiger partial charge in [0.15, 0.2) is 0 Å². The van der Waals surface area contributed by atoms with Crippen LogP contribution in [0.2, 0.25) is 0 Å². The second-order valence-electron chi connectivity index (χ2n) is 2.10. The summed E-state index contributed by atoms with van der Waals surface area (Å²) in [5, 5.41) is 25.0. The van der Waals surface area contributed by atoms with Gasteiger partial charge < -0.3 is 16.2 Å². The number of carboxylic acid groups (broad SMARTS) is 1. The first-order valence-electron chi connectivity index (χ1n) is 3.84. The van der Waals surface area contributed by atoms with Crippen molar-refractivity contribution in [2.45, 2.75) is 6.04 Å². The molecular weight excluding hydrogens is 284 g/mol. The summed E-state index contributed by atoms with van der Waals surface area (Å²) in [6.45, 7) is -0.402. The van der Waals surface area contributed by atoms with Crippen LogP contribution in [0.25, 0.3) is 0 Å². The maximum atomic E-state index is 10.7. The van der Waals surface area contributed by atoms with Crippen molar-refractivity contribution in [1.29, 1.82) is 10.8 Å². The van der Waals surface area contributed by atoms with Crippen molar-refractivity contribution in [1.82, 2.24) is 5.32 Å². The molecule has 0 spiro atoms. The van der Waals surface area contributed by atoms with Crippen LogP contribution in [0.3, 0.4) is 0 Å². The van der Waals surface area contributed by atoms with Gasteiger partial charge in [0, 0.05) is 5.75 Å². The van der Waals surface area contributed by atoms with Gasteiger partial charge in [-0.15, -0.1) is 0 Å². The molecule has 0 bridgehead atoms. The second-order valence-corrected chi connectivity index (χ2v) is 2.88. The van der Waals surface area contributed by atoms with Crippen LogP contribution < -0.4 is 11.1 Å². The maximum absolute atomic E-state index is 10.7. The Morgan fingerprint density at radius 1 is 1.41 bits per heavy atom. The zero-order valence-corrected chi connectivity index (χ0v) is 11.1. The Labute approximate surface area is 114 Å². The number of carbonyl (C=O) groups excluding carboxylic acids is 1. The number of isothiocyanates is 2. The van der Waals surface area contributed by atoms with Crippen LogP contribution in [0, 0.1) is 10.8 Å². The highest BCUT2D eigenvalue weighted by molar-refractivity contribution is 7.80. The molecule has 0 heterocycles. The van der Waals surface area contributed by atoms with Gasteiger partial charge in [0.25, 0.3) is 0 Å². The van der Waals surface area contributed by atoms with Crippen molar-refractivity contribution >= 4 is 59.3 Å². The number of hydrogen-bond donors (Lipinski definition) is 6. The first-order valence-corrected chi connectivity index (χ1v) is 5.29. The monoisotopic (exact) mass is 296 g/mol. The minimum atomic E-state index is -1.09. The van der Waals surface area contributed by atoms with Gasteiger partial charge in [-0.25, -0.2) is 10.8 Å². The molecule has 96 valence electrons. The third-order valence-corrected chi connectivity index (χ3v) is 1.34. The van der Waals surface area contributed by atoms with Crippen LogP contribution in [0.5, 0.6) is 0 Å². The molecule has 0 aromatic carbocycles. The molecule has 0 saturated heterocycles. The summed E-state index contributed by atoms with van der Waals surface area (Å²) in [4.78, 5) is 20.7. The number of nitrogens with one attached hydrogen (secondary N) is 3. The highest BCUT2D eigenvalue weighted by Crippen LogP contribution is 1.82. The zero-order valence-electron chi connectivity index (χ0n) is 8.60. The lowest BCUT2D eigenvalue weighted by Gasteiger charge is -2.06. The van der Waals surface area contributed by atoms with Gasteiger partial charge in [-0.1, -0.05) is 0 Å². The molecule has 10 heteroatoms. The van der Waals surface area contributed by atoms with Gasteiger partial charge in [-0.05, 0) is 24.4 Å². The van der Waals surface area contributed by atoms with E-state index in [1.165, 1.54) is 0 Å². The fourth-order valence-electron chi connectivity index (χ4n) is 0.377. The summed E-state index contributed by atoms with van der Waals surface area (Å²) < 4.78 is 0. The molecule has 0 aliphatic carbocycles. The van der Waals surface area contributed by atoms with E-state index in [0.29, 0.717) is 0 Å².